The zero-order valence-corrected chi connectivity index (χ0v) is 17.1. The monoisotopic (exact) mass is 414 g/mol. The molecule has 0 spiro atoms. The van der Waals surface area contributed by atoms with Gasteiger partial charge in [-0.2, -0.15) is 0 Å². The fourth-order valence-electron chi connectivity index (χ4n) is 2.25. The molecule has 0 atom stereocenters. The standard InChI is InChI=1S/C22H22O6S/c1-5-21(23)27-13-25-19-9-7-17(11-15(19)3)29-18-8-10-20(16(4)12-18)26-14-28-22(24)6-2/h5-12H,1-2,13-14H2,3-4H3. The number of ether oxygens (including phenoxy) is 4. The number of esters is 2. The Hall–Kier alpha value is -3.19. The van der Waals surface area contributed by atoms with Gasteiger partial charge >= 0.3 is 11.9 Å². The Morgan fingerprint density at radius 3 is 1.59 bits per heavy atom. The maximum atomic E-state index is 11.0. The lowest BCUT2D eigenvalue weighted by molar-refractivity contribution is -0.145. The first-order valence-corrected chi connectivity index (χ1v) is 9.47. The zero-order valence-electron chi connectivity index (χ0n) is 16.3. The molecule has 0 amide bonds. The predicted octanol–water partition coefficient (Wildman–Crippen LogP) is 4.59. The Morgan fingerprint density at radius 1 is 0.828 bits per heavy atom. The minimum atomic E-state index is -0.531. The van der Waals surface area contributed by atoms with E-state index >= 15 is 0 Å². The summed E-state index contributed by atoms with van der Waals surface area (Å²) >= 11 is 1.59. The molecule has 29 heavy (non-hydrogen) atoms. The fraction of sp³-hybridized carbons (Fsp3) is 0.182. The van der Waals surface area contributed by atoms with E-state index in [4.69, 9.17) is 18.9 Å². The highest BCUT2D eigenvalue weighted by Gasteiger charge is 2.07. The van der Waals surface area contributed by atoms with E-state index in [1.807, 2.05) is 50.2 Å². The highest BCUT2D eigenvalue weighted by molar-refractivity contribution is 7.99. The van der Waals surface area contributed by atoms with Crippen LogP contribution in [-0.4, -0.2) is 25.5 Å². The van der Waals surface area contributed by atoms with Gasteiger partial charge in [0, 0.05) is 21.9 Å². The van der Waals surface area contributed by atoms with Crippen molar-refractivity contribution in [1.29, 1.82) is 0 Å². The van der Waals surface area contributed by atoms with Crippen molar-refractivity contribution >= 4 is 23.7 Å². The molecule has 0 aliphatic rings. The molecule has 152 valence electrons. The van der Waals surface area contributed by atoms with Crippen LogP contribution in [0.5, 0.6) is 11.5 Å². The molecule has 0 fully saturated rings. The summed E-state index contributed by atoms with van der Waals surface area (Å²) < 4.78 is 20.5. The number of hydrogen-bond acceptors (Lipinski definition) is 7. The van der Waals surface area contributed by atoms with Gasteiger partial charge in [0.05, 0.1) is 0 Å². The first-order chi connectivity index (χ1) is 13.9. The van der Waals surface area contributed by atoms with E-state index in [2.05, 4.69) is 13.2 Å². The number of carbonyl (C=O) groups is 2. The van der Waals surface area contributed by atoms with Crippen LogP contribution in [0.25, 0.3) is 0 Å². The molecule has 0 aliphatic heterocycles. The summed E-state index contributed by atoms with van der Waals surface area (Å²) in [5, 5.41) is 0. The molecule has 0 radical (unpaired) electrons. The third-order valence-electron chi connectivity index (χ3n) is 3.69. The van der Waals surface area contributed by atoms with E-state index in [1.165, 1.54) is 0 Å². The van der Waals surface area contributed by atoms with Crippen LogP contribution in [0, 0.1) is 13.8 Å². The van der Waals surface area contributed by atoms with Gasteiger partial charge < -0.3 is 18.9 Å². The maximum Gasteiger partial charge on any atom is 0.333 e. The van der Waals surface area contributed by atoms with Crippen molar-refractivity contribution in [2.24, 2.45) is 0 Å². The van der Waals surface area contributed by atoms with Crippen LogP contribution in [0.15, 0.2) is 71.5 Å². The number of rotatable bonds is 10. The third kappa shape index (κ3) is 7.04. The SMILES string of the molecule is C=CC(=O)OCOc1ccc(Sc2ccc(OCOC(=O)C=C)c(C)c2)cc1C. The molecule has 2 rings (SSSR count). The van der Waals surface area contributed by atoms with Gasteiger partial charge in [0.15, 0.2) is 0 Å². The number of hydrogen-bond donors (Lipinski definition) is 0. The number of carbonyl (C=O) groups excluding carboxylic acids is 2. The Labute approximate surface area is 174 Å². The lowest BCUT2D eigenvalue weighted by Gasteiger charge is -2.12. The third-order valence-corrected chi connectivity index (χ3v) is 4.67. The summed E-state index contributed by atoms with van der Waals surface area (Å²) in [5.41, 5.74) is 1.84. The van der Waals surface area contributed by atoms with Crippen LogP contribution < -0.4 is 9.47 Å². The first-order valence-electron chi connectivity index (χ1n) is 8.66. The fourth-order valence-corrected chi connectivity index (χ4v) is 3.27. The Bertz CT molecular complexity index is 833. The highest BCUT2D eigenvalue weighted by Crippen LogP contribution is 2.33. The van der Waals surface area contributed by atoms with Crippen molar-refractivity contribution in [3.8, 4) is 11.5 Å². The van der Waals surface area contributed by atoms with E-state index in [0.717, 1.165) is 33.1 Å². The normalized spacial score (nSPS) is 10.0. The van der Waals surface area contributed by atoms with Crippen LogP contribution in [0.4, 0.5) is 0 Å². The summed E-state index contributed by atoms with van der Waals surface area (Å²) in [6, 6.07) is 11.5. The molecule has 0 aliphatic carbocycles. The average Bonchev–Trinajstić information content (AvgIpc) is 2.70. The average molecular weight is 414 g/mol. The van der Waals surface area contributed by atoms with Gasteiger partial charge in [-0.1, -0.05) is 24.9 Å². The Morgan fingerprint density at radius 2 is 1.24 bits per heavy atom. The highest BCUT2D eigenvalue weighted by atomic mass is 32.2. The minimum Gasteiger partial charge on any atom is -0.457 e. The van der Waals surface area contributed by atoms with Crippen molar-refractivity contribution in [3.05, 3.63) is 72.8 Å². The maximum absolute atomic E-state index is 11.0. The van der Waals surface area contributed by atoms with Crippen molar-refractivity contribution in [3.63, 3.8) is 0 Å². The Kier molecular flexibility index (Phi) is 8.36. The van der Waals surface area contributed by atoms with Gasteiger partial charge in [-0.3, -0.25) is 0 Å². The van der Waals surface area contributed by atoms with Gasteiger partial charge in [0.1, 0.15) is 11.5 Å². The topological polar surface area (TPSA) is 71.1 Å². The minimum absolute atomic E-state index is 0.166. The van der Waals surface area contributed by atoms with Gasteiger partial charge in [-0.25, -0.2) is 9.59 Å². The summed E-state index contributed by atoms with van der Waals surface area (Å²) in [6.45, 7) is 10.2. The van der Waals surface area contributed by atoms with Crippen molar-refractivity contribution in [2.75, 3.05) is 13.6 Å². The summed E-state index contributed by atoms with van der Waals surface area (Å²) in [6.07, 6.45) is 2.17. The van der Waals surface area contributed by atoms with Gasteiger partial charge in [-0.15, -0.1) is 0 Å². The molecule has 0 unspecified atom stereocenters. The molecule has 2 aromatic rings. The summed E-state index contributed by atoms with van der Waals surface area (Å²) in [7, 11) is 0. The summed E-state index contributed by atoms with van der Waals surface area (Å²) in [4.78, 5) is 24.1. The second kappa shape index (κ2) is 11.0. The second-order valence-corrected chi connectivity index (χ2v) is 6.96. The molecule has 7 heteroatoms. The van der Waals surface area contributed by atoms with Crippen LogP contribution >= 0.6 is 11.8 Å². The van der Waals surface area contributed by atoms with E-state index in [9.17, 15) is 9.59 Å². The predicted molar refractivity (Wildman–Crippen MR) is 110 cm³/mol. The van der Waals surface area contributed by atoms with Crippen molar-refractivity contribution in [1.82, 2.24) is 0 Å². The van der Waals surface area contributed by atoms with Gasteiger partial charge in [0.2, 0.25) is 13.6 Å². The number of aryl methyl sites for hydroxylation is 2. The van der Waals surface area contributed by atoms with Gasteiger partial charge in [-0.05, 0) is 61.4 Å². The van der Waals surface area contributed by atoms with Gasteiger partial charge in [0.25, 0.3) is 0 Å². The smallest absolute Gasteiger partial charge is 0.333 e. The summed E-state index contributed by atoms with van der Waals surface area (Å²) in [5.74, 6) is 0.216. The van der Waals surface area contributed by atoms with E-state index in [0.29, 0.717) is 11.5 Å². The van der Waals surface area contributed by atoms with E-state index < -0.39 is 11.9 Å². The lowest BCUT2D eigenvalue weighted by atomic mass is 10.2. The molecule has 2 aromatic carbocycles. The van der Waals surface area contributed by atoms with E-state index in [-0.39, 0.29) is 13.6 Å². The molecular weight excluding hydrogens is 392 g/mol. The quantitative estimate of drug-likeness (QED) is 0.320. The molecule has 0 N–H and O–H groups in total. The molecular formula is C22H22O6S. The molecule has 6 nitrogen and oxygen atoms in total. The molecule has 0 aromatic heterocycles. The molecule has 0 saturated heterocycles. The number of benzene rings is 2. The van der Waals surface area contributed by atoms with Crippen LogP contribution in [0.1, 0.15) is 11.1 Å². The second-order valence-electron chi connectivity index (χ2n) is 5.82. The van der Waals surface area contributed by atoms with Crippen LogP contribution in [-0.2, 0) is 19.1 Å². The zero-order chi connectivity index (χ0) is 21.2. The van der Waals surface area contributed by atoms with Crippen molar-refractivity contribution < 1.29 is 28.5 Å². The molecule has 0 bridgehead atoms. The lowest BCUT2D eigenvalue weighted by Crippen LogP contribution is -2.08. The first kappa shape index (κ1) is 22.1. The Balaban J connectivity index is 1.95. The molecule has 0 saturated carbocycles. The molecule has 0 heterocycles. The largest absolute Gasteiger partial charge is 0.457 e. The van der Waals surface area contributed by atoms with Crippen molar-refractivity contribution in [2.45, 2.75) is 23.6 Å². The van der Waals surface area contributed by atoms with E-state index in [1.54, 1.807) is 11.8 Å². The van der Waals surface area contributed by atoms with Crippen LogP contribution in [0.3, 0.4) is 0 Å². The van der Waals surface area contributed by atoms with Crippen LogP contribution in [0.2, 0.25) is 0 Å².